The first kappa shape index (κ1) is 18.5. The van der Waals surface area contributed by atoms with Crippen molar-refractivity contribution in [2.24, 2.45) is 0 Å². The molecule has 0 radical (unpaired) electrons. The van der Waals surface area contributed by atoms with Crippen molar-refractivity contribution in [3.63, 3.8) is 0 Å². The molecule has 28 heavy (non-hydrogen) atoms. The summed E-state index contributed by atoms with van der Waals surface area (Å²) in [6.07, 6.45) is 3.37. The van der Waals surface area contributed by atoms with E-state index in [2.05, 4.69) is 10.2 Å². The van der Waals surface area contributed by atoms with Gasteiger partial charge in [-0.2, -0.15) is 0 Å². The summed E-state index contributed by atoms with van der Waals surface area (Å²) in [5.41, 5.74) is 2.13. The van der Waals surface area contributed by atoms with Gasteiger partial charge in [-0.3, -0.25) is 18.6 Å². The Hall–Kier alpha value is -2.90. The van der Waals surface area contributed by atoms with Crippen molar-refractivity contribution in [2.75, 3.05) is 5.75 Å². The lowest BCUT2D eigenvalue weighted by Gasteiger charge is -2.10. The molecule has 8 heteroatoms. The van der Waals surface area contributed by atoms with Crippen LogP contribution >= 0.6 is 23.4 Å². The first-order valence-electron chi connectivity index (χ1n) is 8.48. The molecule has 0 bridgehead atoms. The molecule has 0 fully saturated rings. The highest BCUT2D eigenvalue weighted by Gasteiger charge is 2.15. The van der Waals surface area contributed by atoms with E-state index in [0.717, 1.165) is 5.56 Å². The van der Waals surface area contributed by atoms with Gasteiger partial charge in [0.2, 0.25) is 5.65 Å². The summed E-state index contributed by atoms with van der Waals surface area (Å²) >= 11 is 7.33. The average Bonchev–Trinajstić information content (AvgIpc) is 3.13. The predicted molar refractivity (Wildman–Crippen MR) is 110 cm³/mol. The van der Waals surface area contributed by atoms with Crippen molar-refractivity contribution in [1.82, 2.24) is 19.2 Å². The lowest BCUT2D eigenvalue weighted by molar-refractivity contribution is 0.102. The lowest BCUT2D eigenvalue weighted by Crippen LogP contribution is -2.21. The van der Waals surface area contributed by atoms with E-state index >= 15 is 0 Å². The van der Waals surface area contributed by atoms with Gasteiger partial charge in [-0.25, -0.2) is 0 Å². The highest BCUT2D eigenvalue weighted by atomic mass is 35.5. The van der Waals surface area contributed by atoms with Crippen LogP contribution in [0.15, 0.2) is 70.9 Å². The molecule has 2 aromatic heterocycles. The quantitative estimate of drug-likeness (QED) is 0.369. The molecule has 0 aliphatic rings. The normalized spacial score (nSPS) is 11.1. The molecule has 2 aromatic carbocycles. The van der Waals surface area contributed by atoms with Crippen LogP contribution in [0.5, 0.6) is 0 Å². The Morgan fingerprint density at radius 1 is 1.11 bits per heavy atom. The monoisotopic (exact) mass is 410 g/mol. The van der Waals surface area contributed by atoms with Crippen molar-refractivity contribution >= 4 is 34.8 Å². The second-order valence-electron chi connectivity index (χ2n) is 6.16. The number of aromatic nitrogens is 4. The van der Waals surface area contributed by atoms with Crippen LogP contribution in [0.4, 0.5) is 0 Å². The smallest absolute Gasteiger partial charge is 0.293 e. The Bertz CT molecular complexity index is 1230. The predicted octanol–water partition coefficient (Wildman–Crippen LogP) is 3.82. The number of benzene rings is 2. The molecular weight excluding hydrogens is 396 g/mol. The van der Waals surface area contributed by atoms with Crippen molar-refractivity contribution in [1.29, 1.82) is 0 Å². The topological polar surface area (TPSA) is 69.3 Å². The van der Waals surface area contributed by atoms with E-state index < -0.39 is 0 Å². The fourth-order valence-electron chi connectivity index (χ4n) is 2.83. The van der Waals surface area contributed by atoms with Gasteiger partial charge in [0.15, 0.2) is 10.9 Å². The van der Waals surface area contributed by atoms with Crippen LogP contribution < -0.4 is 5.56 Å². The number of fused-ring (bicyclic) bond motifs is 1. The van der Waals surface area contributed by atoms with E-state index in [1.807, 2.05) is 31.2 Å². The van der Waals surface area contributed by atoms with E-state index in [0.29, 0.717) is 21.4 Å². The van der Waals surface area contributed by atoms with E-state index in [-0.39, 0.29) is 22.7 Å². The molecule has 0 atom stereocenters. The maximum Gasteiger partial charge on any atom is 0.300 e. The Balaban J connectivity index is 1.65. The molecule has 0 aliphatic carbocycles. The molecule has 4 aromatic rings. The highest BCUT2D eigenvalue weighted by Crippen LogP contribution is 2.20. The van der Waals surface area contributed by atoms with Crippen LogP contribution in [0.2, 0.25) is 5.02 Å². The van der Waals surface area contributed by atoms with Crippen molar-refractivity contribution in [2.45, 2.75) is 12.1 Å². The third-order valence-electron chi connectivity index (χ3n) is 4.30. The summed E-state index contributed by atoms with van der Waals surface area (Å²) < 4.78 is 3.09. The van der Waals surface area contributed by atoms with Crippen LogP contribution in [0.1, 0.15) is 15.9 Å². The summed E-state index contributed by atoms with van der Waals surface area (Å²) in [6, 6.07) is 14.4. The zero-order valence-electron chi connectivity index (χ0n) is 14.9. The van der Waals surface area contributed by atoms with Crippen LogP contribution in [0.25, 0.3) is 11.3 Å². The first-order valence-corrected chi connectivity index (χ1v) is 9.85. The van der Waals surface area contributed by atoms with Crippen LogP contribution in [0.3, 0.4) is 0 Å². The lowest BCUT2D eigenvalue weighted by atomic mass is 10.2. The molecule has 2 heterocycles. The van der Waals surface area contributed by atoms with Gasteiger partial charge in [0.25, 0.3) is 0 Å². The zero-order chi connectivity index (χ0) is 19.7. The largest absolute Gasteiger partial charge is 0.300 e. The maximum atomic E-state index is 12.9. The number of Topliss-reactive ketones (excluding diaryl/α,β-unsaturated/α-hetero) is 1. The Labute approximate surface area is 169 Å². The van der Waals surface area contributed by atoms with Crippen molar-refractivity contribution in [3.8, 4) is 5.69 Å². The Morgan fingerprint density at radius 2 is 1.89 bits per heavy atom. The molecule has 4 rings (SSSR count). The number of ketones is 1. The van der Waals surface area contributed by atoms with Gasteiger partial charge in [0, 0.05) is 23.0 Å². The summed E-state index contributed by atoms with van der Waals surface area (Å²) in [7, 11) is 0. The number of thioether (sulfide) groups is 1. The van der Waals surface area contributed by atoms with Crippen molar-refractivity contribution in [3.05, 3.63) is 87.4 Å². The van der Waals surface area contributed by atoms with Crippen molar-refractivity contribution < 1.29 is 4.79 Å². The van der Waals surface area contributed by atoms with Gasteiger partial charge in [0.1, 0.15) is 0 Å². The Morgan fingerprint density at radius 3 is 2.68 bits per heavy atom. The minimum Gasteiger partial charge on any atom is -0.293 e. The van der Waals surface area contributed by atoms with Crippen LogP contribution in [-0.2, 0) is 0 Å². The fourth-order valence-corrected chi connectivity index (χ4v) is 3.81. The minimum atomic E-state index is -0.304. The molecular formula is C20H15ClN4O2S. The number of rotatable bonds is 5. The summed E-state index contributed by atoms with van der Waals surface area (Å²) in [5, 5.41) is 9.14. The van der Waals surface area contributed by atoms with Gasteiger partial charge in [-0.05, 0) is 24.6 Å². The zero-order valence-corrected chi connectivity index (χ0v) is 16.4. The molecule has 0 saturated carbocycles. The maximum absolute atomic E-state index is 12.9. The first-order chi connectivity index (χ1) is 13.5. The fraction of sp³-hybridized carbons (Fsp3) is 0.100. The molecule has 6 nitrogen and oxygen atoms in total. The van der Waals surface area contributed by atoms with Crippen LogP contribution in [0, 0.1) is 6.92 Å². The molecule has 0 N–H and O–H groups in total. The number of aryl methyl sites for hydroxylation is 1. The van der Waals surface area contributed by atoms with Gasteiger partial charge >= 0.3 is 5.56 Å². The van der Waals surface area contributed by atoms with Gasteiger partial charge in [-0.1, -0.05) is 59.8 Å². The molecule has 140 valence electrons. The number of hydrogen-bond acceptors (Lipinski definition) is 5. The number of carbonyl (C=O) groups excluding carboxylic acids is 1. The molecule has 0 saturated heterocycles. The van der Waals surface area contributed by atoms with Gasteiger partial charge < -0.3 is 0 Å². The SMILES string of the molecule is Cc1ccc(Cl)cc1-n1ccn2c(SCC(=O)c3ccccc3)nnc2c1=O. The molecule has 0 aliphatic heterocycles. The number of hydrogen-bond donors (Lipinski definition) is 0. The molecule has 0 unspecified atom stereocenters. The number of halogens is 1. The number of carbonyl (C=O) groups is 1. The third-order valence-corrected chi connectivity index (χ3v) is 5.48. The molecule has 0 amide bonds. The summed E-state index contributed by atoms with van der Waals surface area (Å²) in [5.74, 6) is 0.201. The van der Waals surface area contributed by atoms with Gasteiger partial charge in [0.05, 0.1) is 11.4 Å². The molecule has 0 spiro atoms. The summed E-state index contributed by atoms with van der Waals surface area (Å²) in [4.78, 5) is 25.2. The van der Waals surface area contributed by atoms with Crippen LogP contribution in [-0.4, -0.2) is 30.7 Å². The second-order valence-corrected chi connectivity index (χ2v) is 7.54. The standard InChI is InChI=1S/C20H15ClN4O2S/c1-13-7-8-15(21)11-16(13)24-9-10-25-18(19(24)27)22-23-20(25)28-12-17(26)14-5-3-2-4-6-14/h2-11H,12H2,1H3. The van der Waals surface area contributed by atoms with Gasteiger partial charge in [-0.15, -0.1) is 10.2 Å². The summed E-state index contributed by atoms with van der Waals surface area (Å²) in [6.45, 7) is 1.91. The minimum absolute atomic E-state index is 0.00903. The highest BCUT2D eigenvalue weighted by molar-refractivity contribution is 7.99. The van der Waals surface area contributed by atoms with E-state index in [9.17, 15) is 9.59 Å². The Kier molecular flexibility index (Phi) is 5.02. The third kappa shape index (κ3) is 3.46. The number of nitrogens with zero attached hydrogens (tertiary/aromatic N) is 4. The van der Waals surface area contributed by atoms with E-state index in [1.165, 1.54) is 16.3 Å². The van der Waals surface area contributed by atoms with E-state index in [4.69, 9.17) is 11.6 Å². The average molecular weight is 411 g/mol. The second kappa shape index (κ2) is 7.61. The van der Waals surface area contributed by atoms with E-state index in [1.54, 1.807) is 41.1 Å².